The summed E-state index contributed by atoms with van der Waals surface area (Å²) in [5, 5.41) is 22.9. The van der Waals surface area contributed by atoms with Crippen LogP contribution in [0.25, 0.3) is 0 Å². The lowest BCUT2D eigenvalue weighted by Crippen LogP contribution is -2.67. The molecule has 0 bridgehead atoms. The number of alkyl halides is 6. The average Bonchev–Trinajstić information content (AvgIpc) is 0.706. The highest BCUT2D eigenvalue weighted by Crippen LogP contribution is 2.56. The molecule has 16 rings (SSSR count). The van der Waals surface area contributed by atoms with Gasteiger partial charge in [-0.25, -0.2) is 52.7 Å². The molecule has 7 aromatic carbocycles. The zero-order valence-electron chi connectivity index (χ0n) is 74.6. The van der Waals surface area contributed by atoms with Crippen LogP contribution in [0.2, 0.25) is 0 Å². The molecule has 2 saturated heterocycles. The summed E-state index contributed by atoms with van der Waals surface area (Å²) >= 11 is 0. The van der Waals surface area contributed by atoms with Gasteiger partial charge in [-0.15, -0.1) is 0 Å². The van der Waals surface area contributed by atoms with Gasteiger partial charge in [0, 0.05) is 43.2 Å². The number of nitrogens with one attached hydrogen (secondary N) is 7. The van der Waals surface area contributed by atoms with Crippen molar-refractivity contribution in [3.63, 3.8) is 0 Å². The Morgan fingerprint density at radius 3 is 0.951 bits per heavy atom. The predicted molar refractivity (Wildman–Crippen MR) is 472 cm³/mol. The third-order valence-electron chi connectivity index (χ3n) is 29.2. The first kappa shape index (κ1) is 98.5. The summed E-state index contributed by atoms with van der Waals surface area (Å²) in [6, 6.07) is 46.8. The third kappa shape index (κ3) is 21.0. The van der Waals surface area contributed by atoms with Crippen molar-refractivity contribution in [1.82, 2.24) is 37.2 Å². The van der Waals surface area contributed by atoms with Gasteiger partial charge in [-0.05, 0) is 273 Å². The molecule has 7 aromatic rings. The molecule has 4 unspecified atom stereocenters. The second kappa shape index (κ2) is 43.4. The Kier molecular flexibility index (Phi) is 34.8. The first-order valence-corrected chi connectivity index (χ1v) is 46.0. The van der Waals surface area contributed by atoms with E-state index in [0.29, 0.717) is 74.6 Å². The highest BCUT2D eigenvalue weighted by molar-refractivity contribution is 5.39. The van der Waals surface area contributed by atoms with E-state index >= 15 is 0 Å². The predicted octanol–water partition coefficient (Wildman–Crippen LogP) is 24.9. The van der Waals surface area contributed by atoms with Gasteiger partial charge >= 0.3 is 0 Å². The van der Waals surface area contributed by atoms with Crippen molar-refractivity contribution in [2.24, 2.45) is 11.8 Å². The van der Waals surface area contributed by atoms with Gasteiger partial charge in [-0.1, -0.05) is 209 Å². The lowest BCUT2D eigenvalue weighted by Gasteiger charge is -2.59. The standard InChI is InChI=1S/C16H22FNO.C15H21F2N.C15H20FNO.C15H22FN.C14H18F3N.C14H20FN.C13H16F3N/c1-2-18-16(13-6-5-7-14(17)12-13)9-4-3-8-15(16)10-11-19-15;1-3-18-14(10-6-7-11-15(14,16)17)13-9-5-4-8-12(13)2;1-17-15(12-5-4-6-13(16)11-12)8-3-2-7-14(15)9-10-18-14;1-3-17-15(10-5-4-7-12(15)2)13-8-6-9-14(16)11-13;1-2-18-13(8-3-4-9-14(13,16)17)11-6-5-7-12(15)10-11;1-11-6-3-4-9-14(11,16-2)12-7-5-8-13(15)10-12;1-17-12(7-2-3-8-13(12,15)16)10-5-4-6-11(14)9-10/h5-7,12,18H,2-4,8-11H2,1H3;4-5,8-9,18H,3,6-7,10-11H2,1-2H3;4-6,11,17H,2-3,7-10H2,1H3;6,8-9,11-12,17H,3-5,7,10H2,1-2H3;5-7,10,18H,2-4,8-9H2,1H3;5,7-8,10-11,16H,3-4,6,9H2,1-2H3;4-6,9,17H,2-3,7-8H2,1H3/t15?,16-;14-;14?,15-;12?,15-;13-;11?,14-;12-/m0001010/s1. The fourth-order valence-electron chi connectivity index (χ4n) is 22.7. The zero-order valence-corrected chi connectivity index (χ0v) is 74.6. The van der Waals surface area contributed by atoms with Gasteiger partial charge in [0.2, 0.25) is 0 Å². The van der Waals surface area contributed by atoms with Gasteiger partial charge in [0.25, 0.3) is 17.8 Å². The molecule has 0 amide bonds. The minimum Gasteiger partial charge on any atom is -0.373 e. The van der Waals surface area contributed by atoms with Gasteiger partial charge < -0.3 is 46.7 Å². The minimum atomic E-state index is -2.84. The third-order valence-corrected chi connectivity index (χ3v) is 29.2. The number of ether oxygens (including phenoxy) is 2. The molecular weight excluding hydrogens is 1580 g/mol. The van der Waals surface area contributed by atoms with Crippen molar-refractivity contribution in [2.75, 3.05) is 60.5 Å². The van der Waals surface area contributed by atoms with Crippen LogP contribution in [0.1, 0.15) is 279 Å². The quantitative estimate of drug-likeness (QED) is 0.0424. The Bertz CT molecular complexity index is 4370. The molecule has 7 N–H and O–H groups in total. The lowest BCUT2D eigenvalue weighted by atomic mass is 9.62. The molecule has 123 heavy (non-hydrogen) atoms. The molecule has 678 valence electrons. The smallest absolute Gasteiger partial charge is 0.270 e. The molecule has 2 spiro atoms. The summed E-state index contributed by atoms with van der Waals surface area (Å²) in [5.41, 5.74) is 1.98. The fraction of sp³-hybridized carbons (Fsp3) is 0.588. The first-order valence-electron chi connectivity index (χ1n) is 46.0. The molecular formula is C102H139F12N7O2. The summed E-state index contributed by atoms with van der Waals surface area (Å²) in [7, 11) is 5.48. The molecule has 9 aliphatic rings. The Labute approximate surface area is 726 Å². The second-order valence-electron chi connectivity index (χ2n) is 35.8. The maximum Gasteiger partial charge on any atom is 0.270 e. The van der Waals surface area contributed by atoms with E-state index in [2.05, 4.69) is 71.0 Å². The lowest BCUT2D eigenvalue weighted by molar-refractivity contribution is -0.218. The van der Waals surface area contributed by atoms with E-state index in [-0.39, 0.29) is 75.9 Å². The van der Waals surface area contributed by atoms with Gasteiger partial charge in [0.05, 0.1) is 35.5 Å². The van der Waals surface area contributed by atoms with Crippen LogP contribution >= 0.6 is 0 Å². The number of aryl methyl sites for hydroxylation is 1. The summed E-state index contributed by atoms with van der Waals surface area (Å²) in [5.74, 6) is -8.74. The van der Waals surface area contributed by atoms with Crippen molar-refractivity contribution in [2.45, 2.75) is 309 Å². The van der Waals surface area contributed by atoms with E-state index in [9.17, 15) is 52.7 Å². The largest absolute Gasteiger partial charge is 0.373 e. The fourth-order valence-corrected chi connectivity index (χ4v) is 22.7. The first-order chi connectivity index (χ1) is 58.9. The monoisotopic (exact) mass is 1720 g/mol. The van der Waals surface area contributed by atoms with Gasteiger partial charge in [0.15, 0.2) is 0 Å². The van der Waals surface area contributed by atoms with Crippen LogP contribution in [-0.4, -0.2) is 89.5 Å². The van der Waals surface area contributed by atoms with Crippen LogP contribution in [0, 0.1) is 53.7 Å². The normalized spacial score (nSPS) is 30.3. The minimum absolute atomic E-state index is 0.0187. The molecule has 21 heteroatoms. The molecule has 11 atom stereocenters. The molecule has 0 aromatic heterocycles. The molecule has 2 heterocycles. The number of likely N-dealkylation sites (N-methyl/N-ethyl adjacent to an activating group) is 2. The van der Waals surface area contributed by atoms with Crippen molar-refractivity contribution >= 4 is 0 Å². The highest BCUT2D eigenvalue weighted by Gasteiger charge is 2.61. The van der Waals surface area contributed by atoms with Gasteiger partial charge in [-0.3, -0.25) is 0 Å². The number of halogens is 12. The molecule has 9 nitrogen and oxygen atoms in total. The van der Waals surface area contributed by atoms with Crippen molar-refractivity contribution in [3.8, 4) is 0 Å². The van der Waals surface area contributed by atoms with Crippen LogP contribution in [0.5, 0.6) is 0 Å². The second-order valence-corrected chi connectivity index (χ2v) is 35.8. The van der Waals surface area contributed by atoms with Crippen molar-refractivity contribution < 1.29 is 62.2 Å². The molecule has 7 saturated carbocycles. The molecule has 2 aliphatic heterocycles. The van der Waals surface area contributed by atoms with Gasteiger partial charge in [-0.2, -0.15) is 0 Å². The number of benzene rings is 7. The number of hydrogen-bond acceptors (Lipinski definition) is 9. The maximum absolute atomic E-state index is 14.5. The van der Waals surface area contributed by atoms with E-state index in [1.54, 1.807) is 49.4 Å². The average molecular weight is 1720 g/mol. The number of rotatable bonds is 18. The van der Waals surface area contributed by atoms with E-state index < -0.39 is 46.0 Å². The summed E-state index contributed by atoms with van der Waals surface area (Å²) < 4.78 is 178. The van der Waals surface area contributed by atoms with E-state index in [1.165, 1.54) is 132 Å². The Balaban J connectivity index is 0.000000150. The van der Waals surface area contributed by atoms with Crippen LogP contribution < -0.4 is 37.2 Å². The van der Waals surface area contributed by atoms with Crippen molar-refractivity contribution in [3.05, 3.63) is 249 Å². The van der Waals surface area contributed by atoms with E-state index in [0.717, 1.165) is 130 Å². The Hall–Kier alpha value is -6.66. The van der Waals surface area contributed by atoms with Crippen LogP contribution in [0.4, 0.5) is 52.7 Å². The molecule has 9 fully saturated rings. The van der Waals surface area contributed by atoms with Crippen LogP contribution in [0.15, 0.2) is 170 Å². The summed E-state index contributed by atoms with van der Waals surface area (Å²) in [4.78, 5) is 0. The van der Waals surface area contributed by atoms with Crippen molar-refractivity contribution in [1.29, 1.82) is 0 Å². The molecule has 7 aliphatic carbocycles. The topological polar surface area (TPSA) is 103 Å². The maximum atomic E-state index is 14.5. The number of hydrogen-bond donors (Lipinski definition) is 7. The van der Waals surface area contributed by atoms with Crippen LogP contribution in [0.3, 0.4) is 0 Å². The molecule has 0 radical (unpaired) electrons. The Morgan fingerprint density at radius 2 is 0.585 bits per heavy atom. The Morgan fingerprint density at radius 1 is 0.293 bits per heavy atom. The van der Waals surface area contributed by atoms with E-state index in [4.69, 9.17) is 9.47 Å². The summed E-state index contributed by atoms with van der Waals surface area (Å²) in [6.45, 7) is 18.9. The highest BCUT2D eigenvalue weighted by atomic mass is 19.3. The zero-order chi connectivity index (χ0) is 88.9. The van der Waals surface area contributed by atoms with Crippen LogP contribution in [-0.2, 0) is 48.2 Å². The SMILES string of the molecule is CCN[C@]1(c2cccc(F)c2)CCCCC1(F)F.CCN[C@]1(c2cccc(F)c2)CCCCC12CCO2.CCN[C@]1(c2cccc(F)c2)CCCCC1C.CCN[C@]1(c2ccccc2C)CCCCC1(F)F.CN[C@]1(c2cccc(F)c2)CCCCC1(F)F.CN[C@]1(c2cccc(F)c2)CCCCC12CCO2.CN[C@]1(c2cccc(F)c2)CCCCC1C. The summed E-state index contributed by atoms with van der Waals surface area (Å²) in [6.07, 6.45) is 25.7. The van der Waals surface area contributed by atoms with E-state index in [1.807, 2.05) is 88.6 Å². The van der Waals surface area contributed by atoms with Gasteiger partial charge in [0.1, 0.15) is 51.5 Å².